The number of alkyl halides is 1. The van der Waals surface area contributed by atoms with E-state index in [9.17, 15) is 14.0 Å². The zero-order chi connectivity index (χ0) is 11.4. The fraction of sp³-hybridized carbons (Fsp3) is 0.500. The summed E-state index contributed by atoms with van der Waals surface area (Å²) in [5, 5.41) is 0.326. The van der Waals surface area contributed by atoms with Gasteiger partial charge in [-0.15, -0.1) is 0 Å². The van der Waals surface area contributed by atoms with E-state index in [1.807, 2.05) is 4.98 Å². The molecule has 1 aromatic rings. The summed E-state index contributed by atoms with van der Waals surface area (Å²) in [4.78, 5) is 23.9. The van der Waals surface area contributed by atoms with Crippen molar-refractivity contribution in [3.63, 3.8) is 0 Å². The second-order valence-electron chi connectivity index (χ2n) is 2.71. The van der Waals surface area contributed by atoms with Crippen LogP contribution in [0.5, 0.6) is 0 Å². The Morgan fingerprint density at radius 2 is 2.33 bits per heavy atom. The van der Waals surface area contributed by atoms with Crippen molar-refractivity contribution in [1.29, 1.82) is 0 Å². The molecule has 0 amide bonds. The van der Waals surface area contributed by atoms with Crippen LogP contribution >= 0.6 is 15.9 Å². The van der Waals surface area contributed by atoms with Crippen LogP contribution in [0.1, 0.15) is 13.2 Å². The zero-order valence-electron chi connectivity index (χ0n) is 8.00. The lowest BCUT2D eigenvalue weighted by molar-refractivity contribution is 0.0250. The number of hydrogen-bond acceptors (Lipinski definition) is 3. The highest BCUT2D eigenvalue weighted by Gasteiger charge is 2.13. The van der Waals surface area contributed by atoms with Gasteiger partial charge in [0.2, 0.25) is 5.82 Å². The average Bonchev–Trinajstić information content (AvgIpc) is 2.20. The molecular formula is C8H10BrFN2O3. The first-order valence-electron chi connectivity index (χ1n) is 4.28. The molecule has 1 N–H and O–H groups in total. The van der Waals surface area contributed by atoms with E-state index in [1.165, 1.54) is 0 Å². The maximum atomic E-state index is 12.9. The smallest absolute Gasteiger partial charge is 0.330 e. The minimum Gasteiger partial charge on any atom is -0.357 e. The van der Waals surface area contributed by atoms with Gasteiger partial charge in [0.15, 0.2) is 0 Å². The highest BCUT2D eigenvalue weighted by atomic mass is 79.9. The van der Waals surface area contributed by atoms with Crippen molar-refractivity contribution in [2.45, 2.75) is 13.2 Å². The van der Waals surface area contributed by atoms with Crippen LogP contribution in [-0.2, 0) is 4.74 Å². The summed E-state index contributed by atoms with van der Waals surface area (Å²) in [6.45, 7) is 2.13. The minimum absolute atomic E-state index is 0.326. The van der Waals surface area contributed by atoms with Gasteiger partial charge in [0.25, 0.3) is 5.56 Å². The molecule has 7 heteroatoms. The normalized spacial score (nSPS) is 12.7. The third-order valence-electron chi connectivity index (χ3n) is 1.73. The topological polar surface area (TPSA) is 64.1 Å². The summed E-state index contributed by atoms with van der Waals surface area (Å²) < 4.78 is 19.1. The Bertz CT molecular complexity index is 442. The van der Waals surface area contributed by atoms with Crippen molar-refractivity contribution in [2.75, 3.05) is 11.9 Å². The molecule has 84 valence electrons. The van der Waals surface area contributed by atoms with Crippen LogP contribution in [0.15, 0.2) is 15.8 Å². The van der Waals surface area contributed by atoms with Gasteiger partial charge in [-0.1, -0.05) is 15.9 Å². The van der Waals surface area contributed by atoms with E-state index in [2.05, 4.69) is 15.9 Å². The molecule has 0 fully saturated rings. The summed E-state index contributed by atoms with van der Waals surface area (Å²) in [5.41, 5.74) is -1.72. The van der Waals surface area contributed by atoms with E-state index in [0.717, 1.165) is 10.8 Å². The summed E-state index contributed by atoms with van der Waals surface area (Å²) in [5.74, 6) is -1.01. The predicted molar refractivity (Wildman–Crippen MR) is 55.7 cm³/mol. The molecule has 0 aliphatic carbocycles. The van der Waals surface area contributed by atoms with Gasteiger partial charge in [-0.25, -0.2) is 4.79 Å². The number of nitrogens with one attached hydrogen (secondary N) is 1. The first kappa shape index (κ1) is 12.1. The zero-order valence-corrected chi connectivity index (χ0v) is 9.58. The molecule has 15 heavy (non-hydrogen) atoms. The third-order valence-corrected chi connectivity index (χ3v) is 2.28. The Balaban J connectivity index is 3.18. The van der Waals surface area contributed by atoms with Gasteiger partial charge in [-0.05, 0) is 6.92 Å². The molecular weight excluding hydrogens is 271 g/mol. The average molecular weight is 281 g/mol. The number of H-pyrrole nitrogens is 1. The van der Waals surface area contributed by atoms with Gasteiger partial charge < -0.3 is 4.74 Å². The largest absolute Gasteiger partial charge is 0.357 e. The van der Waals surface area contributed by atoms with Crippen molar-refractivity contribution in [3.8, 4) is 0 Å². The summed E-state index contributed by atoms with van der Waals surface area (Å²) >= 11 is 3.13. The van der Waals surface area contributed by atoms with Crippen molar-refractivity contribution in [1.82, 2.24) is 9.55 Å². The Morgan fingerprint density at radius 3 is 2.87 bits per heavy atom. The Kier molecular flexibility index (Phi) is 4.22. The number of rotatable bonds is 4. The van der Waals surface area contributed by atoms with Gasteiger partial charge >= 0.3 is 5.69 Å². The molecule has 0 saturated carbocycles. The van der Waals surface area contributed by atoms with Crippen LogP contribution in [0.4, 0.5) is 4.39 Å². The van der Waals surface area contributed by atoms with Crippen LogP contribution in [0.25, 0.3) is 0 Å². The van der Waals surface area contributed by atoms with Crippen LogP contribution in [0, 0.1) is 5.82 Å². The Morgan fingerprint density at radius 1 is 1.67 bits per heavy atom. The second-order valence-corrected chi connectivity index (χ2v) is 3.36. The van der Waals surface area contributed by atoms with E-state index < -0.39 is 23.3 Å². The molecule has 0 aliphatic heterocycles. The number of halogens is 2. The van der Waals surface area contributed by atoms with Gasteiger partial charge in [0.1, 0.15) is 6.23 Å². The van der Waals surface area contributed by atoms with Crippen molar-refractivity contribution in [3.05, 3.63) is 32.9 Å². The molecule has 5 nitrogen and oxygen atoms in total. The third kappa shape index (κ3) is 2.75. The van der Waals surface area contributed by atoms with Gasteiger partial charge in [-0.3, -0.25) is 14.3 Å². The first-order valence-corrected chi connectivity index (χ1v) is 5.40. The molecule has 1 unspecified atom stereocenters. The quantitative estimate of drug-likeness (QED) is 0.822. The SMILES string of the molecule is CCOC(CBr)n1cc(F)c(=O)[nH]c1=O. The number of hydrogen-bond donors (Lipinski definition) is 1. The second kappa shape index (κ2) is 5.22. The molecule has 1 atom stereocenters. The molecule has 1 aromatic heterocycles. The molecule has 0 aliphatic rings. The lowest BCUT2D eigenvalue weighted by Crippen LogP contribution is -2.35. The first-order chi connectivity index (χ1) is 7.10. The summed E-state index contributed by atoms with van der Waals surface area (Å²) in [6, 6.07) is 0. The van der Waals surface area contributed by atoms with Crippen LogP contribution in [-0.4, -0.2) is 21.5 Å². The van der Waals surface area contributed by atoms with Crippen molar-refractivity contribution >= 4 is 15.9 Å². The standard InChI is InChI=1S/C8H10BrFN2O3/c1-2-15-6(3-9)12-4-5(10)7(13)11-8(12)14/h4,6H,2-3H2,1H3,(H,11,13,14). The molecule has 0 radical (unpaired) electrons. The highest BCUT2D eigenvalue weighted by Crippen LogP contribution is 2.08. The van der Waals surface area contributed by atoms with Crippen LogP contribution in [0.2, 0.25) is 0 Å². The van der Waals surface area contributed by atoms with Crippen molar-refractivity contribution in [2.24, 2.45) is 0 Å². The lowest BCUT2D eigenvalue weighted by atomic mass is 10.5. The monoisotopic (exact) mass is 280 g/mol. The fourth-order valence-corrected chi connectivity index (χ4v) is 1.57. The molecule has 0 bridgehead atoms. The Hall–Kier alpha value is -0.950. The Labute approximate surface area is 93.0 Å². The molecule has 1 heterocycles. The summed E-state index contributed by atoms with van der Waals surface area (Å²) in [6.07, 6.45) is 0.205. The van der Waals surface area contributed by atoms with Crippen LogP contribution < -0.4 is 11.2 Å². The lowest BCUT2D eigenvalue weighted by Gasteiger charge is -2.16. The molecule has 1 rings (SSSR count). The molecule has 0 aromatic carbocycles. The predicted octanol–water partition coefficient (Wildman–Crippen LogP) is 0.606. The summed E-state index contributed by atoms with van der Waals surface area (Å²) in [7, 11) is 0. The number of ether oxygens (including phenoxy) is 1. The maximum absolute atomic E-state index is 12.9. The molecule has 0 spiro atoms. The van der Waals surface area contributed by atoms with E-state index in [-0.39, 0.29) is 0 Å². The van der Waals surface area contributed by atoms with Gasteiger partial charge in [0, 0.05) is 11.9 Å². The minimum atomic E-state index is -1.03. The van der Waals surface area contributed by atoms with Crippen molar-refractivity contribution < 1.29 is 9.13 Å². The number of nitrogens with zero attached hydrogens (tertiary/aromatic N) is 1. The molecule has 0 saturated heterocycles. The van der Waals surface area contributed by atoms with Gasteiger partial charge in [0.05, 0.1) is 6.20 Å². The fourth-order valence-electron chi connectivity index (χ4n) is 1.07. The maximum Gasteiger partial charge on any atom is 0.330 e. The van der Waals surface area contributed by atoms with E-state index in [4.69, 9.17) is 4.74 Å². The van der Waals surface area contributed by atoms with E-state index in [1.54, 1.807) is 6.92 Å². The highest BCUT2D eigenvalue weighted by molar-refractivity contribution is 9.09. The van der Waals surface area contributed by atoms with Gasteiger partial charge in [-0.2, -0.15) is 4.39 Å². The van der Waals surface area contributed by atoms with Crippen LogP contribution in [0.3, 0.4) is 0 Å². The van der Waals surface area contributed by atoms with E-state index in [0.29, 0.717) is 11.9 Å². The number of aromatic amines is 1. The van der Waals surface area contributed by atoms with E-state index >= 15 is 0 Å². The number of aromatic nitrogens is 2.